The second kappa shape index (κ2) is 6.49. The summed E-state index contributed by atoms with van der Waals surface area (Å²) in [5.41, 5.74) is 2.72. The number of amides is 1. The van der Waals surface area contributed by atoms with Crippen molar-refractivity contribution in [3.63, 3.8) is 0 Å². The Morgan fingerprint density at radius 3 is 2.78 bits per heavy atom. The van der Waals surface area contributed by atoms with Crippen LogP contribution in [0.25, 0.3) is 0 Å². The third kappa shape index (κ3) is 3.08. The van der Waals surface area contributed by atoms with E-state index in [4.69, 9.17) is 4.74 Å². The molecule has 0 aliphatic carbocycles. The topological polar surface area (TPSA) is 49.9 Å². The molecule has 4 rings (SSSR count). The Kier molecular flexibility index (Phi) is 4.60. The molecule has 2 atom stereocenters. The van der Waals surface area contributed by atoms with E-state index in [1.54, 1.807) is 0 Å². The lowest BCUT2D eigenvalue weighted by atomic mass is 10.00. The number of carbonyl (C=O) groups is 2. The number of hydrogen-bond acceptors (Lipinski definition) is 4. The van der Waals surface area contributed by atoms with Gasteiger partial charge in [0.15, 0.2) is 0 Å². The highest BCUT2D eigenvalue weighted by molar-refractivity contribution is 5.85. The van der Waals surface area contributed by atoms with Gasteiger partial charge in [-0.05, 0) is 17.5 Å². The lowest BCUT2D eigenvalue weighted by Gasteiger charge is -2.29. The maximum Gasteiger partial charge on any atom is 0.311 e. The number of fused-ring (bicyclic) bond motifs is 2. The zero-order chi connectivity index (χ0) is 15.1. The molecule has 0 spiro atoms. The number of benzene rings is 1. The minimum atomic E-state index is -0.132. The molecule has 5 nitrogen and oxygen atoms in total. The second-order valence-corrected chi connectivity index (χ2v) is 6.52. The molecule has 1 aromatic carbocycles. The van der Waals surface area contributed by atoms with Crippen LogP contribution in [0.2, 0.25) is 0 Å². The summed E-state index contributed by atoms with van der Waals surface area (Å²) < 4.78 is 5.05. The van der Waals surface area contributed by atoms with Crippen LogP contribution in [0.5, 0.6) is 0 Å². The molecule has 0 bridgehead atoms. The van der Waals surface area contributed by atoms with Crippen LogP contribution in [0.1, 0.15) is 11.1 Å². The first-order valence-electron chi connectivity index (χ1n) is 7.94. The average molecular weight is 337 g/mol. The van der Waals surface area contributed by atoms with Gasteiger partial charge in [-0.15, -0.1) is 12.4 Å². The monoisotopic (exact) mass is 336 g/mol. The number of esters is 1. The number of carbonyl (C=O) groups excluding carboxylic acids is 2. The molecule has 0 aromatic heterocycles. The molecule has 0 unspecified atom stereocenters. The first-order valence-corrected chi connectivity index (χ1v) is 7.94. The molecule has 1 amide bonds. The fourth-order valence-corrected chi connectivity index (χ4v) is 3.79. The van der Waals surface area contributed by atoms with E-state index in [1.807, 2.05) is 4.90 Å². The van der Waals surface area contributed by atoms with Crippen LogP contribution in [0.4, 0.5) is 0 Å². The summed E-state index contributed by atoms with van der Waals surface area (Å²) in [7, 11) is 0. The van der Waals surface area contributed by atoms with Crippen molar-refractivity contribution in [1.82, 2.24) is 9.80 Å². The number of cyclic esters (lactones) is 1. The van der Waals surface area contributed by atoms with Crippen molar-refractivity contribution in [3.05, 3.63) is 35.4 Å². The van der Waals surface area contributed by atoms with Crippen LogP contribution < -0.4 is 0 Å². The molecule has 6 heteroatoms. The number of ether oxygens (including phenoxy) is 1. The summed E-state index contributed by atoms with van der Waals surface area (Å²) in [4.78, 5) is 28.1. The van der Waals surface area contributed by atoms with Gasteiger partial charge in [0.1, 0.15) is 0 Å². The minimum absolute atomic E-state index is 0. The number of rotatable bonds is 2. The Morgan fingerprint density at radius 2 is 2.00 bits per heavy atom. The van der Waals surface area contributed by atoms with Gasteiger partial charge in [0.05, 0.1) is 19.1 Å². The third-order valence-corrected chi connectivity index (χ3v) is 5.10. The maximum atomic E-state index is 12.5. The Bertz CT molecular complexity index is 622. The van der Waals surface area contributed by atoms with Crippen molar-refractivity contribution in [3.8, 4) is 0 Å². The molecule has 124 valence electrons. The van der Waals surface area contributed by atoms with E-state index in [2.05, 4.69) is 29.2 Å². The molecule has 3 heterocycles. The van der Waals surface area contributed by atoms with Gasteiger partial charge < -0.3 is 9.64 Å². The van der Waals surface area contributed by atoms with Crippen molar-refractivity contribution in [2.75, 3.05) is 32.8 Å². The number of halogens is 1. The van der Waals surface area contributed by atoms with E-state index >= 15 is 0 Å². The average Bonchev–Trinajstić information content (AvgIpc) is 3.10. The number of likely N-dealkylation sites (tertiary alicyclic amines) is 1. The SMILES string of the molecule is Cl.O=C1OC[C@H]2CN(C(=O)CN3CCc4ccccc4C3)C[C@@H]12. The maximum absolute atomic E-state index is 12.5. The van der Waals surface area contributed by atoms with Gasteiger partial charge in [-0.3, -0.25) is 14.5 Å². The van der Waals surface area contributed by atoms with Gasteiger partial charge in [-0.1, -0.05) is 24.3 Å². The van der Waals surface area contributed by atoms with E-state index in [-0.39, 0.29) is 36.1 Å². The standard InChI is InChI=1S/C17H20N2O3.ClH/c20-16(19-8-14-11-22-17(21)15(14)9-19)10-18-6-5-12-3-1-2-4-13(12)7-18;/h1-4,14-15H,5-11H2;1H/t14-,15-;/m1./s1. The number of nitrogens with zero attached hydrogens (tertiary/aromatic N) is 2. The molecule has 0 N–H and O–H groups in total. The molecule has 1 aromatic rings. The molecule has 2 fully saturated rings. The lowest BCUT2D eigenvalue weighted by Crippen LogP contribution is -2.42. The predicted octanol–water partition coefficient (Wildman–Crippen LogP) is 1.10. The smallest absolute Gasteiger partial charge is 0.311 e. The summed E-state index contributed by atoms with van der Waals surface area (Å²) in [6, 6.07) is 8.43. The van der Waals surface area contributed by atoms with Crippen molar-refractivity contribution >= 4 is 24.3 Å². The summed E-state index contributed by atoms with van der Waals surface area (Å²) in [6.45, 7) is 3.88. The van der Waals surface area contributed by atoms with Gasteiger partial charge >= 0.3 is 5.97 Å². The zero-order valence-electron chi connectivity index (χ0n) is 12.9. The van der Waals surface area contributed by atoms with Crippen LogP contribution in [0.3, 0.4) is 0 Å². The van der Waals surface area contributed by atoms with Crippen LogP contribution in [0, 0.1) is 11.8 Å². The fraction of sp³-hybridized carbons (Fsp3) is 0.529. The number of hydrogen-bond donors (Lipinski definition) is 0. The quantitative estimate of drug-likeness (QED) is 0.759. The van der Waals surface area contributed by atoms with Crippen LogP contribution >= 0.6 is 12.4 Å². The van der Waals surface area contributed by atoms with E-state index < -0.39 is 0 Å². The summed E-state index contributed by atoms with van der Waals surface area (Å²) in [5.74, 6) is 0.123. The highest BCUT2D eigenvalue weighted by Gasteiger charge is 2.45. The van der Waals surface area contributed by atoms with Crippen molar-refractivity contribution in [2.45, 2.75) is 13.0 Å². The second-order valence-electron chi connectivity index (χ2n) is 6.52. The Labute approximate surface area is 142 Å². The van der Waals surface area contributed by atoms with Gasteiger partial charge in [-0.2, -0.15) is 0 Å². The van der Waals surface area contributed by atoms with Crippen molar-refractivity contribution < 1.29 is 14.3 Å². The van der Waals surface area contributed by atoms with Gasteiger partial charge in [0.25, 0.3) is 0 Å². The minimum Gasteiger partial charge on any atom is -0.465 e. The van der Waals surface area contributed by atoms with Gasteiger partial charge in [0, 0.05) is 32.1 Å². The van der Waals surface area contributed by atoms with E-state index in [0.717, 1.165) is 19.5 Å². The van der Waals surface area contributed by atoms with Crippen molar-refractivity contribution in [2.24, 2.45) is 11.8 Å². The summed E-state index contributed by atoms with van der Waals surface area (Å²) >= 11 is 0. The molecular formula is C17H21ClN2O3. The highest BCUT2D eigenvalue weighted by atomic mass is 35.5. The van der Waals surface area contributed by atoms with Gasteiger partial charge in [0.2, 0.25) is 5.91 Å². The van der Waals surface area contributed by atoms with E-state index in [0.29, 0.717) is 26.2 Å². The largest absolute Gasteiger partial charge is 0.465 e. The van der Waals surface area contributed by atoms with E-state index in [1.165, 1.54) is 11.1 Å². The highest BCUT2D eigenvalue weighted by Crippen LogP contribution is 2.30. The van der Waals surface area contributed by atoms with Crippen LogP contribution in [-0.2, 0) is 27.3 Å². The van der Waals surface area contributed by atoms with Crippen LogP contribution in [0.15, 0.2) is 24.3 Å². The lowest BCUT2D eigenvalue weighted by molar-refractivity contribution is -0.142. The fourth-order valence-electron chi connectivity index (χ4n) is 3.79. The van der Waals surface area contributed by atoms with Crippen molar-refractivity contribution in [1.29, 1.82) is 0 Å². The molecular weight excluding hydrogens is 316 g/mol. The van der Waals surface area contributed by atoms with Gasteiger partial charge in [-0.25, -0.2) is 0 Å². The van der Waals surface area contributed by atoms with Crippen LogP contribution in [-0.4, -0.2) is 54.5 Å². The molecule has 2 saturated heterocycles. The summed E-state index contributed by atoms with van der Waals surface area (Å²) in [6.07, 6.45) is 1.00. The Balaban J connectivity index is 0.00000156. The molecule has 0 saturated carbocycles. The zero-order valence-corrected chi connectivity index (χ0v) is 13.8. The predicted molar refractivity (Wildman–Crippen MR) is 87.2 cm³/mol. The first kappa shape index (κ1) is 16.3. The Hall–Kier alpha value is -1.59. The third-order valence-electron chi connectivity index (χ3n) is 5.10. The molecule has 0 radical (unpaired) electrons. The summed E-state index contributed by atoms with van der Waals surface area (Å²) in [5, 5.41) is 0. The normalized spacial score (nSPS) is 26.3. The molecule has 23 heavy (non-hydrogen) atoms. The first-order chi connectivity index (χ1) is 10.7. The molecule has 3 aliphatic heterocycles. The molecule has 3 aliphatic rings. The van der Waals surface area contributed by atoms with E-state index in [9.17, 15) is 9.59 Å². The Morgan fingerprint density at radius 1 is 1.22 bits per heavy atom.